The van der Waals surface area contributed by atoms with Crippen molar-refractivity contribution in [2.24, 2.45) is 0 Å². The minimum Gasteiger partial charge on any atom is -0.373 e. The fourth-order valence-corrected chi connectivity index (χ4v) is 2.39. The highest BCUT2D eigenvalue weighted by molar-refractivity contribution is 14.1. The molecule has 0 aliphatic heterocycles. The van der Waals surface area contributed by atoms with Crippen molar-refractivity contribution in [1.29, 1.82) is 0 Å². The maximum Gasteiger partial charge on any atom is 0.136 e. The van der Waals surface area contributed by atoms with Crippen LogP contribution in [0.5, 0.6) is 0 Å². The van der Waals surface area contributed by atoms with Crippen LogP contribution in [0.4, 0.5) is 17.3 Å². The third-order valence-corrected chi connectivity index (χ3v) is 3.27. The van der Waals surface area contributed by atoms with E-state index in [2.05, 4.69) is 43.2 Å². The van der Waals surface area contributed by atoms with Gasteiger partial charge in [-0.2, -0.15) is 0 Å². The number of aryl methyl sites for hydroxylation is 1. The predicted octanol–water partition coefficient (Wildman–Crippen LogP) is 3.83. The van der Waals surface area contributed by atoms with Crippen LogP contribution in [0.15, 0.2) is 24.3 Å². The average Bonchev–Trinajstić information content (AvgIpc) is 2.32. The van der Waals surface area contributed by atoms with Crippen molar-refractivity contribution in [3.8, 4) is 0 Å². The second-order valence-electron chi connectivity index (χ2n) is 3.68. The molecule has 0 amide bonds. The van der Waals surface area contributed by atoms with E-state index < -0.39 is 0 Å². The van der Waals surface area contributed by atoms with Crippen LogP contribution >= 0.6 is 34.2 Å². The maximum absolute atomic E-state index is 6.17. The Morgan fingerprint density at radius 1 is 1.17 bits per heavy atom. The molecule has 0 unspecified atom stereocenters. The lowest BCUT2D eigenvalue weighted by molar-refractivity contribution is 1.06. The lowest BCUT2D eigenvalue weighted by Gasteiger charge is -2.10. The van der Waals surface area contributed by atoms with Crippen molar-refractivity contribution < 1.29 is 0 Å². The molecule has 0 aliphatic rings. The van der Waals surface area contributed by atoms with Crippen molar-refractivity contribution in [3.63, 3.8) is 0 Å². The Morgan fingerprint density at radius 2 is 1.89 bits per heavy atom. The molecule has 0 radical (unpaired) electrons. The van der Waals surface area contributed by atoms with Gasteiger partial charge < -0.3 is 10.6 Å². The Balaban J connectivity index is 2.30. The quantitative estimate of drug-likeness (QED) is 0.802. The first-order valence-electron chi connectivity index (χ1n) is 5.34. The standard InChI is InChI=1S/C12H12ClIN4/c1-7-16-11(15-2)6-12(17-7)18-10-4-3-8(14)5-9(10)13/h3-6H,1-2H3,(H2,15,16,17,18). The Kier molecular flexibility index (Phi) is 4.23. The van der Waals surface area contributed by atoms with Crippen molar-refractivity contribution in [2.75, 3.05) is 17.7 Å². The van der Waals surface area contributed by atoms with Crippen LogP contribution in [0.2, 0.25) is 5.02 Å². The van der Waals surface area contributed by atoms with Gasteiger partial charge in [-0.3, -0.25) is 0 Å². The van der Waals surface area contributed by atoms with E-state index in [0.29, 0.717) is 10.8 Å². The van der Waals surface area contributed by atoms with Gasteiger partial charge in [0.05, 0.1) is 10.7 Å². The summed E-state index contributed by atoms with van der Waals surface area (Å²) in [4.78, 5) is 8.55. The van der Waals surface area contributed by atoms with Crippen LogP contribution in [0.1, 0.15) is 5.82 Å². The number of anilines is 3. The van der Waals surface area contributed by atoms with Gasteiger partial charge in [0, 0.05) is 16.7 Å². The zero-order valence-corrected chi connectivity index (χ0v) is 12.9. The Bertz CT molecular complexity index is 574. The van der Waals surface area contributed by atoms with Crippen molar-refractivity contribution in [2.45, 2.75) is 6.92 Å². The predicted molar refractivity (Wildman–Crippen MR) is 83.8 cm³/mol. The van der Waals surface area contributed by atoms with Gasteiger partial charge in [0.15, 0.2) is 0 Å². The average molecular weight is 375 g/mol. The van der Waals surface area contributed by atoms with Crippen LogP contribution in [-0.2, 0) is 0 Å². The van der Waals surface area contributed by atoms with Crippen molar-refractivity contribution >= 4 is 51.5 Å². The zero-order valence-electron chi connectivity index (χ0n) is 9.96. The Hall–Kier alpha value is -1.08. The molecule has 0 aliphatic carbocycles. The maximum atomic E-state index is 6.17. The Labute approximate surface area is 124 Å². The SMILES string of the molecule is CNc1cc(Nc2ccc(I)cc2Cl)nc(C)n1. The fraction of sp³-hybridized carbons (Fsp3) is 0.167. The highest BCUT2D eigenvalue weighted by Crippen LogP contribution is 2.26. The molecule has 4 nitrogen and oxygen atoms in total. The minimum atomic E-state index is 0.671. The molecule has 0 atom stereocenters. The number of nitrogens with one attached hydrogen (secondary N) is 2. The fourth-order valence-electron chi connectivity index (χ4n) is 1.49. The summed E-state index contributed by atoms with van der Waals surface area (Å²) in [6.07, 6.45) is 0. The summed E-state index contributed by atoms with van der Waals surface area (Å²) in [6, 6.07) is 7.65. The molecule has 18 heavy (non-hydrogen) atoms. The molecular weight excluding hydrogens is 363 g/mol. The van der Waals surface area contributed by atoms with Crippen LogP contribution < -0.4 is 10.6 Å². The van der Waals surface area contributed by atoms with E-state index in [1.807, 2.05) is 38.2 Å². The van der Waals surface area contributed by atoms with Gasteiger partial charge in [-0.15, -0.1) is 0 Å². The second kappa shape index (κ2) is 5.71. The molecule has 0 saturated carbocycles. The molecular formula is C12H12ClIN4. The number of hydrogen-bond acceptors (Lipinski definition) is 4. The third-order valence-electron chi connectivity index (χ3n) is 2.29. The van der Waals surface area contributed by atoms with Gasteiger partial charge in [-0.1, -0.05) is 11.6 Å². The molecule has 1 aromatic carbocycles. The van der Waals surface area contributed by atoms with Crippen LogP contribution in [-0.4, -0.2) is 17.0 Å². The van der Waals surface area contributed by atoms with E-state index in [4.69, 9.17) is 11.6 Å². The van der Waals surface area contributed by atoms with Gasteiger partial charge in [0.25, 0.3) is 0 Å². The summed E-state index contributed by atoms with van der Waals surface area (Å²) < 4.78 is 1.10. The molecule has 1 heterocycles. The van der Waals surface area contributed by atoms with Gasteiger partial charge in [0.1, 0.15) is 17.5 Å². The van der Waals surface area contributed by atoms with E-state index in [1.54, 1.807) is 0 Å². The molecule has 6 heteroatoms. The zero-order chi connectivity index (χ0) is 13.1. The number of halogens is 2. The summed E-state index contributed by atoms with van der Waals surface area (Å²) in [5.41, 5.74) is 0.831. The number of benzene rings is 1. The van der Waals surface area contributed by atoms with Crippen LogP contribution in [0, 0.1) is 10.5 Å². The molecule has 0 fully saturated rings. The minimum absolute atomic E-state index is 0.671. The smallest absolute Gasteiger partial charge is 0.136 e. The van der Waals surface area contributed by atoms with E-state index >= 15 is 0 Å². The molecule has 1 aromatic heterocycles. The normalized spacial score (nSPS) is 10.2. The summed E-state index contributed by atoms with van der Waals surface area (Å²) in [5.74, 6) is 2.19. The lowest BCUT2D eigenvalue weighted by Crippen LogP contribution is -2.01. The number of rotatable bonds is 3. The summed E-state index contributed by atoms with van der Waals surface area (Å²) >= 11 is 8.39. The molecule has 2 rings (SSSR count). The van der Waals surface area contributed by atoms with Crippen LogP contribution in [0.25, 0.3) is 0 Å². The van der Waals surface area contributed by atoms with Crippen molar-refractivity contribution in [1.82, 2.24) is 9.97 Å². The summed E-state index contributed by atoms with van der Waals surface area (Å²) in [6.45, 7) is 1.85. The summed E-state index contributed by atoms with van der Waals surface area (Å²) in [5, 5.41) is 6.85. The monoisotopic (exact) mass is 374 g/mol. The first-order chi connectivity index (χ1) is 8.58. The molecule has 94 valence electrons. The first-order valence-corrected chi connectivity index (χ1v) is 6.79. The Morgan fingerprint density at radius 3 is 2.56 bits per heavy atom. The highest BCUT2D eigenvalue weighted by Gasteiger charge is 2.04. The molecule has 0 spiro atoms. The number of hydrogen-bond donors (Lipinski definition) is 2. The topological polar surface area (TPSA) is 49.8 Å². The number of aromatic nitrogens is 2. The third kappa shape index (κ3) is 3.23. The number of nitrogens with zero attached hydrogens (tertiary/aromatic N) is 2. The van der Waals surface area contributed by atoms with E-state index in [-0.39, 0.29) is 0 Å². The first kappa shape index (κ1) is 13.4. The molecule has 0 saturated heterocycles. The van der Waals surface area contributed by atoms with E-state index in [0.717, 1.165) is 20.9 Å². The van der Waals surface area contributed by atoms with Gasteiger partial charge in [-0.05, 0) is 47.7 Å². The van der Waals surface area contributed by atoms with Gasteiger partial charge in [-0.25, -0.2) is 9.97 Å². The molecule has 2 N–H and O–H groups in total. The van der Waals surface area contributed by atoms with Crippen LogP contribution in [0.3, 0.4) is 0 Å². The summed E-state index contributed by atoms with van der Waals surface area (Å²) in [7, 11) is 1.82. The lowest BCUT2D eigenvalue weighted by atomic mass is 10.3. The van der Waals surface area contributed by atoms with Gasteiger partial charge in [0.2, 0.25) is 0 Å². The van der Waals surface area contributed by atoms with Crippen molar-refractivity contribution in [3.05, 3.63) is 38.7 Å². The second-order valence-corrected chi connectivity index (χ2v) is 5.34. The molecule has 0 bridgehead atoms. The largest absolute Gasteiger partial charge is 0.373 e. The highest BCUT2D eigenvalue weighted by atomic mass is 127. The van der Waals surface area contributed by atoms with E-state index in [9.17, 15) is 0 Å². The van der Waals surface area contributed by atoms with Gasteiger partial charge >= 0.3 is 0 Å². The molecule has 2 aromatic rings. The van der Waals surface area contributed by atoms with E-state index in [1.165, 1.54) is 0 Å².